The second-order valence-electron chi connectivity index (χ2n) is 9.08. The predicted octanol–water partition coefficient (Wildman–Crippen LogP) is 5.14. The van der Waals surface area contributed by atoms with Crippen LogP contribution in [0.3, 0.4) is 0 Å². The number of amides is 1. The Morgan fingerprint density at radius 3 is 2.44 bits per heavy atom. The summed E-state index contributed by atoms with van der Waals surface area (Å²) in [6.45, 7) is 12.9. The summed E-state index contributed by atoms with van der Waals surface area (Å²) in [5.41, 5.74) is 2.30. The maximum Gasteiger partial charge on any atom is 0.251 e. The van der Waals surface area contributed by atoms with E-state index < -0.39 is 5.60 Å². The summed E-state index contributed by atoms with van der Waals surface area (Å²) in [6.07, 6.45) is 4.58. The molecule has 1 saturated heterocycles. The van der Waals surface area contributed by atoms with Gasteiger partial charge in [0, 0.05) is 19.1 Å². The van der Waals surface area contributed by atoms with E-state index in [4.69, 9.17) is 4.99 Å². The maximum absolute atomic E-state index is 12.3. The number of carbonyl (C=O) groups is 1. The van der Waals surface area contributed by atoms with Crippen molar-refractivity contribution < 1.29 is 15.0 Å². The summed E-state index contributed by atoms with van der Waals surface area (Å²) < 4.78 is 0. The highest BCUT2D eigenvalue weighted by atomic mass is 16.3. The van der Waals surface area contributed by atoms with Crippen LogP contribution >= 0.6 is 0 Å². The Kier molecular flexibility index (Phi) is 11.1. The lowest BCUT2D eigenvalue weighted by Gasteiger charge is -2.32. The van der Waals surface area contributed by atoms with Crippen LogP contribution in [0.25, 0.3) is 0 Å². The number of carbonyl (C=O) groups excluding carboxylic acids is 1. The van der Waals surface area contributed by atoms with Crippen LogP contribution in [0.15, 0.2) is 52.4 Å². The van der Waals surface area contributed by atoms with Crippen LogP contribution in [0, 0.1) is 6.92 Å². The number of phenols is 1. The van der Waals surface area contributed by atoms with E-state index in [0.717, 1.165) is 43.6 Å². The number of benzene rings is 2. The number of aromatic hydroxyl groups is 1. The third-order valence-corrected chi connectivity index (χ3v) is 6.44. The van der Waals surface area contributed by atoms with Gasteiger partial charge in [-0.3, -0.25) is 4.79 Å². The molecule has 1 amide bonds. The lowest BCUT2D eigenvalue weighted by molar-refractivity contribution is -0.139. The average Bonchev–Trinajstić information content (AvgIpc) is 2.90. The number of hydrogen-bond acceptors (Lipinski definition) is 4. The molecule has 3 N–H and O–H groups in total. The lowest BCUT2D eigenvalue weighted by atomic mass is 10.00. The molecular formula is C29H42N4O3. The smallest absolute Gasteiger partial charge is 0.251 e. The van der Waals surface area contributed by atoms with Crippen LogP contribution in [-0.2, 0) is 11.2 Å². The zero-order valence-corrected chi connectivity index (χ0v) is 22.6. The lowest BCUT2D eigenvalue weighted by Crippen LogP contribution is -2.51. The first-order valence-electron chi connectivity index (χ1n) is 13.0. The largest absolute Gasteiger partial charge is 0.507 e. The number of aliphatic imine (C=N–C) groups is 2. The van der Waals surface area contributed by atoms with Crippen LogP contribution in [-0.4, -0.2) is 57.9 Å². The minimum Gasteiger partial charge on any atom is -0.507 e. The summed E-state index contributed by atoms with van der Waals surface area (Å²) in [4.78, 5) is 23.8. The molecule has 0 bridgehead atoms. The minimum atomic E-state index is -1.34. The molecule has 2 aromatic rings. The zero-order valence-electron chi connectivity index (χ0n) is 22.6. The Bertz CT molecular complexity index is 1050. The standard InChI is InChI=1S/C27H36N4O3.C2H6/c1-5-20-12-11-19(3)23(17-20)30-25(22-9-7-8-10-24(22)32)28-18-31-15-13-21(14-16-31)29-26(33)27(4,34)6-2;1-2/h7-12,17-18,21,32,34H,5-6,13-16H2,1-4H3,(H,29,33);1-2H3. The molecule has 0 aromatic heterocycles. The molecule has 0 saturated carbocycles. The van der Waals surface area contributed by atoms with E-state index in [1.54, 1.807) is 32.3 Å². The Morgan fingerprint density at radius 1 is 1.17 bits per heavy atom. The van der Waals surface area contributed by atoms with Gasteiger partial charge in [0.1, 0.15) is 11.4 Å². The van der Waals surface area contributed by atoms with E-state index in [1.165, 1.54) is 5.56 Å². The topological polar surface area (TPSA) is 97.5 Å². The zero-order chi connectivity index (χ0) is 26.7. The fourth-order valence-corrected chi connectivity index (χ4v) is 3.73. The molecule has 1 aliphatic rings. The van der Waals surface area contributed by atoms with Crippen LogP contribution in [0.2, 0.25) is 0 Å². The molecule has 0 aliphatic carbocycles. The Labute approximate surface area is 216 Å². The van der Waals surface area contributed by atoms with Crippen LogP contribution in [0.4, 0.5) is 5.69 Å². The van der Waals surface area contributed by atoms with Crippen molar-refractivity contribution in [1.29, 1.82) is 0 Å². The quantitative estimate of drug-likeness (QED) is 0.367. The second kappa shape index (κ2) is 13.8. The number of phenolic OH excluding ortho intramolecular Hbond substituents is 1. The Morgan fingerprint density at radius 2 is 1.83 bits per heavy atom. The molecule has 1 atom stereocenters. The van der Waals surface area contributed by atoms with Gasteiger partial charge in [-0.2, -0.15) is 0 Å². The maximum atomic E-state index is 12.3. The average molecular weight is 495 g/mol. The second-order valence-corrected chi connectivity index (χ2v) is 9.08. The van der Waals surface area contributed by atoms with E-state index in [2.05, 4.69) is 40.3 Å². The molecule has 7 heteroatoms. The Balaban J connectivity index is 0.00000222. The number of likely N-dealkylation sites (tertiary alicyclic amines) is 1. The molecule has 196 valence electrons. The number of rotatable bonds is 7. The number of piperidine rings is 1. The molecule has 1 unspecified atom stereocenters. The molecule has 2 aromatic carbocycles. The van der Waals surface area contributed by atoms with E-state index in [1.807, 2.05) is 32.9 Å². The van der Waals surface area contributed by atoms with Crippen LogP contribution < -0.4 is 5.32 Å². The first kappa shape index (κ1) is 29.0. The van der Waals surface area contributed by atoms with Gasteiger partial charge in [-0.25, -0.2) is 9.98 Å². The van der Waals surface area contributed by atoms with Crippen molar-refractivity contribution in [1.82, 2.24) is 10.2 Å². The third-order valence-electron chi connectivity index (χ3n) is 6.44. The fourth-order valence-electron chi connectivity index (χ4n) is 3.73. The summed E-state index contributed by atoms with van der Waals surface area (Å²) in [5.74, 6) is 0.261. The van der Waals surface area contributed by atoms with Crippen molar-refractivity contribution in [3.63, 3.8) is 0 Å². The monoisotopic (exact) mass is 494 g/mol. The number of nitrogens with zero attached hydrogens (tertiary/aromatic N) is 3. The molecule has 36 heavy (non-hydrogen) atoms. The summed E-state index contributed by atoms with van der Waals surface area (Å²) in [7, 11) is 0. The van der Waals surface area contributed by atoms with Gasteiger partial charge in [-0.1, -0.05) is 52.0 Å². The van der Waals surface area contributed by atoms with Gasteiger partial charge in [0.05, 0.1) is 17.6 Å². The molecule has 1 heterocycles. The van der Waals surface area contributed by atoms with Crippen molar-refractivity contribution >= 4 is 23.8 Å². The van der Waals surface area contributed by atoms with Gasteiger partial charge in [0.2, 0.25) is 0 Å². The molecule has 1 aliphatic heterocycles. The Hall–Kier alpha value is -3.19. The van der Waals surface area contributed by atoms with E-state index in [9.17, 15) is 15.0 Å². The van der Waals surface area contributed by atoms with E-state index in [0.29, 0.717) is 17.8 Å². The summed E-state index contributed by atoms with van der Waals surface area (Å²) in [5, 5.41) is 23.5. The van der Waals surface area contributed by atoms with E-state index in [-0.39, 0.29) is 17.7 Å². The normalized spacial score (nSPS) is 16.3. The van der Waals surface area contributed by atoms with Gasteiger partial charge >= 0.3 is 0 Å². The molecule has 0 spiro atoms. The first-order chi connectivity index (χ1) is 17.2. The van der Waals surface area contributed by atoms with Crippen molar-refractivity contribution in [3.8, 4) is 5.75 Å². The molecular weight excluding hydrogens is 452 g/mol. The minimum absolute atomic E-state index is 0.0286. The van der Waals surface area contributed by atoms with Gasteiger partial charge in [0.25, 0.3) is 5.91 Å². The van der Waals surface area contributed by atoms with Crippen molar-refractivity contribution in [2.75, 3.05) is 13.1 Å². The highest BCUT2D eigenvalue weighted by molar-refractivity contribution is 6.06. The van der Waals surface area contributed by atoms with Gasteiger partial charge in [-0.05, 0) is 68.9 Å². The highest BCUT2D eigenvalue weighted by Crippen LogP contribution is 2.25. The number of aliphatic hydroxyl groups is 1. The van der Waals surface area contributed by atoms with Gasteiger partial charge in [0.15, 0.2) is 5.84 Å². The molecule has 0 radical (unpaired) electrons. The number of hydrogen-bond donors (Lipinski definition) is 3. The highest BCUT2D eigenvalue weighted by Gasteiger charge is 2.30. The summed E-state index contributed by atoms with van der Waals surface area (Å²) >= 11 is 0. The van der Waals surface area contributed by atoms with Gasteiger partial charge in [-0.15, -0.1) is 0 Å². The van der Waals surface area contributed by atoms with Crippen LogP contribution in [0.1, 0.15) is 70.6 Å². The van der Waals surface area contributed by atoms with Crippen molar-refractivity contribution in [2.45, 2.75) is 78.9 Å². The first-order valence-corrected chi connectivity index (χ1v) is 13.0. The van der Waals surface area contributed by atoms with Crippen LogP contribution in [0.5, 0.6) is 5.75 Å². The van der Waals surface area contributed by atoms with Gasteiger partial charge < -0.3 is 20.4 Å². The molecule has 3 rings (SSSR count). The number of aryl methyl sites for hydroxylation is 2. The predicted molar refractivity (Wildman–Crippen MR) is 148 cm³/mol. The fraction of sp³-hybridized carbons (Fsp3) is 0.483. The number of para-hydroxylation sites is 1. The number of amidine groups is 1. The van der Waals surface area contributed by atoms with Crippen molar-refractivity contribution in [2.24, 2.45) is 9.98 Å². The summed E-state index contributed by atoms with van der Waals surface area (Å²) in [6, 6.07) is 13.3. The van der Waals surface area contributed by atoms with Crippen molar-refractivity contribution in [3.05, 3.63) is 59.2 Å². The third kappa shape index (κ3) is 7.92. The van der Waals surface area contributed by atoms with E-state index >= 15 is 0 Å². The molecule has 7 nitrogen and oxygen atoms in total. The molecule has 1 fully saturated rings. The SMILES string of the molecule is CC.CCc1ccc(C)c(N=C(N=CN2CCC(NC(=O)C(C)(O)CC)CC2)c2ccccc2O)c1. The number of nitrogens with one attached hydrogen (secondary N) is 1.